The van der Waals surface area contributed by atoms with Gasteiger partial charge in [0.05, 0.1) is 10.4 Å². The zero-order valence-electron chi connectivity index (χ0n) is 16.7. The van der Waals surface area contributed by atoms with E-state index in [9.17, 15) is 4.79 Å². The molecule has 5 heteroatoms. The van der Waals surface area contributed by atoms with E-state index in [0.717, 1.165) is 54.2 Å². The second kappa shape index (κ2) is 8.38. The van der Waals surface area contributed by atoms with Gasteiger partial charge in [0.15, 0.2) is 0 Å². The van der Waals surface area contributed by atoms with E-state index in [1.807, 2.05) is 40.7 Å². The number of benzene rings is 2. The third-order valence-electron chi connectivity index (χ3n) is 5.71. The van der Waals surface area contributed by atoms with Crippen LogP contribution in [0.1, 0.15) is 15.2 Å². The van der Waals surface area contributed by atoms with Crippen LogP contribution in [-0.4, -0.2) is 46.9 Å². The fraction of sp³-hybridized carbons (Fsp3) is 0.200. The molecule has 150 valence electrons. The van der Waals surface area contributed by atoms with Crippen molar-refractivity contribution in [2.75, 3.05) is 26.2 Å². The molecule has 0 aliphatic carbocycles. The summed E-state index contributed by atoms with van der Waals surface area (Å²) in [5.41, 5.74) is 4.46. The largest absolute Gasteiger partial charge is 0.335 e. The van der Waals surface area contributed by atoms with Gasteiger partial charge in [-0.2, -0.15) is 0 Å². The number of para-hydroxylation sites is 1. The lowest BCUT2D eigenvalue weighted by atomic mass is 10.1. The molecular weight excluding hydrogens is 390 g/mol. The summed E-state index contributed by atoms with van der Waals surface area (Å²) in [6, 6.07) is 22.7. The molecule has 1 aliphatic rings. The van der Waals surface area contributed by atoms with Gasteiger partial charge < -0.3 is 4.90 Å². The highest BCUT2D eigenvalue weighted by Gasteiger charge is 2.25. The highest BCUT2D eigenvalue weighted by Crippen LogP contribution is 2.29. The maximum absolute atomic E-state index is 13.2. The molecule has 5 rings (SSSR count). The Balaban J connectivity index is 1.27. The van der Waals surface area contributed by atoms with Crippen molar-refractivity contribution >= 4 is 28.1 Å². The maximum Gasteiger partial charge on any atom is 0.264 e. The van der Waals surface area contributed by atoms with Gasteiger partial charge in [0.2, 0.25) is 0 Å². The maximum atomic E-state index is 13.2. The fourth-order valence-corrected chi connectivity index (χ4v) is 4.99. The Kier molecular flexibility index (Phi) is 5.30. The summed E-state index contributed by atoms with van der Waals surface area (Å²) in [5.74, 6) is 0.148. The molecule has 2 aromatic carbocycles. The number of fused-ring (bicyclic) bond motifs is 1. The van der Waals surface area contributed by atoms with E-state index in [-0.39, 0.29) is 5.91 Å². The molecule has 1 amide bonds. The summed E-state index contributed by atoms with van der Waals surface area (Å²) >= 11 is 1.54. The van der Waals surface area contributed by atoms with Crippen molar-refractivity contribution < 1.29 is 4.79 Å². The van der Waals surface area contributed by atoms with Gasteiger partial charge >= 0.3 is 0 Å². The molecule has 0 radical (unpaired) electrons. The number of amides is 1. The van der Waals surface area contributed by atoms with E-state index in [0.29, 0.717) is 0 Å². The van der Waals surface area contributed by atoms with E-state index in [1.54, 1.807) is 0 Å². The average molecular weight is 414 g/mol. The van der Waals surface area contributed by atoms with Crippen LogP contribution in [0.5, 0.6) is 0 Å². The summed E-state index contributed by atoms with van der Waals surface area (Å²) in [4.78, 5) is 23.0. The van der Waals surface area contributed by atoms with Crippen molar-refractivity contribution in [2.24, 2.45) is 0 Å². The van der Waals surface area contributed by atoms with Gasteiger partial charge in [0.25, 0.3) is 5.91 Å². The molecule has 4 aromatic rings. The number of piperazine rings is 1. The van der Waals surface area contributed by atoms with Crippen molar-refractivity contribution in [1.82, 2.24) is 14.8 Å². The van der Waals surface area contributed by atoms with Crippen LogP contribution >= 0.6 is 11.3 Å². The minimum absolute atomic E-state index is 0.148. The SMILES string of the molecule is O=C(c1sccc1-c1ccccc1)N1CCN(Cc2cccc3cccnc23)CC1. The molecule has 4 nitrogen and oxygen atoms in total. The summed E-state index contributed by atoms with van der Waals surface area (Å²) in [6.45, 7) is 4.12. The minimum Gasteiger partial charge on any atom is -0.335 e. The van der Waals surface area contributed by atoms with Crippen LogP contribution in [0.4, 0.5) is 0 Å². The molecular formula is C25H23N3OS. The number of aromatic nitrogens is 1. The number of rotatable bonds is 4. The molecule has 30 heavy (non-hydrogen) atoms. The normalized spacial score (nSPS) is 14.9. The Hall–Kier alpha value is -3.02. The number of hydrogen-bond acceptors (Lipinski definition) is 4. The van der Waals surface area contributed by atoms with Crippen LogP contribution in [0, 0.1) is 0 Å². The molecule has 1 aliphatic heterocycles. The van der Waals surface area contributed by atoms with Gasteiger partial charge in [0, 0.05) is 49.9 Å². The summed E-state index contributed by atoms with van der Waals surface area (Å²) in [6.07, 6.45) is 1.85. The summed E-state index contributed by atoms with van der Waals surface area (Å²) < 4.78 is 0. The summed E-state index contributed by atoms with van der Waals surface area (Å²) in [5, 5.41) is 3.19. The van der Waals surface area contributed by atoms with Crippen LogP contribution < -0.4 is 0 Å². The number of carbonyl (C=O) groups excluding carboxylic acids is 1. The van der Waals surface area contributed by atoms with E-state index < -0.39 is 0 Å². The third-order valence-corrected chi connectivity index (χ3v) is 6.62. The zero-order valence-corrected chi connectivity index (χ0v) is 17.5. The Bertz CT molecular complexity index is 1160. The highest BCUT2D eigenvalue weighted by atomic mass is 32.1. The first kappa shape index (κ1) is 19.0. The molecule has 3 heterocycles. The average Bonchev–Trinajstić information content (AvgIpc) is 3.30. The Labute approximate surface area is 180 Å². The lowest BCUT2D eigenvalue weighted by molar-refractivity contribution is 0.0634. The van der Waals surface area contributed by atoms with Crippen molar-refractivity contribution in [3.05, 3.63) is 88.7 Å². The number of pyridine rings is 1. The lowest BCUT2D eigenvalue weighted by Gasteiger charge is -2.34. The van der Waals surface area contributed by atoms with E-state index in [2.05, 4.69) is 52.3 Å². The van der Waals surface area contributed by atoms with Crippen LogP contribution in [-0.2, 0) is 6.54 Å². The Morgan fingerprint density at radius 2 is 1.70 bits per heavy atom. The Morgan fingerprint density at radius 1 is 0.900 bits per heavy atom. The van der Waals surface area contributed by atoms with Gasteiger partial charge in [-0.05, 0) is 28.6 Å². The topological polar surface area (TPSA) is 36.4 Å². The third kappa shape index (κ3) is 3.74. The molecule has 1 fully saturated rings. The molecule has 0 atom stereocenters. The van der Waals surface area contributed by atoms with Gasteiger partial charge in [-0.15, -0.1) is 11.3 Å². The first-order chi connectivity index (χ1) is 14.8. The fourth-order valence-electron chi connectivity index (χ4n) is 4.11. The smallest absolute Gasteiger partial charge is 0.264 e. The van der Waals surface area contributed by atoms with E-state index >= 15 is 0 Å². The second-order valence-electron chi connectivity index (χ2n) is 7.59. The summed E-state index contributed by atoms with van der Waals surface area (Å²) in [7, 11) is 0. The number of thiophene rings is 1. The van der Waals surface area contributed by atoms with Crippen molar-refractivity contribution in [3.8, 4) is 11.1 Å². The first-order valence-corrected chi connectivity index (χ1v) is 11.1. The van der Waals surface area contributed by atoms with Crippen LogP contribution in [0.3, 0.4) is 0 Å². The lowest BCUT2D eigenvalue weighted by Crippen LogP contribution is -2.48. The molecule has 0 spiro atoms. The molecule has 1 saturated heterocycles. The van der Waals surface area contributed by atoms with E-state index in [4.69, 9.17) is 0 Å². The van der Waals surface area contributed by atoms with Crippen LogP contribution in [0.25, 0.3) is 22.0 Å². The van der Waals surface area contributed by atoms with Gasteiger partial charge in [-0.25, -0.2) is 0 Å². The van der Waals surface area contributed by atoms with Crippen LogP contribution in [0.15, 0.2) is 78.3 Å². The second-order valence-corrected chi connectivity index (χ2v) is 8.51. The van der Waals surface area contributed by atoms with Crippen molar-refractivity contribution in [2.45, 2.75) is 6.54 Å². The van der Waals surface area contributed by atoms with E-state index in [1.165, 1.54) is 22.3 Å². The van der Waals surface area contributed by atoms with Gasteiger partial charge in [-0.3, -0.25) is 14.7 Å². The minimum atomic E-state index is 0.148. The Morgan fingerprint density at radius 3 is 2.53 bits per heavy atom. The number of carbonyl (C=O) groups is 1. The van der Waals surface area contributed by atoms with Crippen molar-refractivity contribution in [3.63, 3.8) is 0 Å². The first-order valence-electron chi connectivity index (χ1n) is 10.3. The highest BCUT2D eigenvalue weighted by molar-refractivity contribution is 7.12. The van der Waals surface area contributed by atoms with Gasteiger partial charge in [-0.1, -0.05) is 54.6 Å². The predicted octanol–water partition coefficient (Wildman–Crippen LogP) is 4.92. The molecule has 0 bridgehead atoms. The standard InChI is InChI=1S/C25H23N3OS/c29-25(24-22(11-17-30-24)19-6-2-1-3-7-19)28-15-13-27(14-16-28)18-21-9-4-8-20-10-5-12-26-23(20)21/h1-12,17H,13-16,18H2. The molecule has 2 aromatic heterocycles. The molecule has 0 unspecified atom stereocenters. The number of nitrogens with zero attached hydrogens (tertiary/aromatic N) is 3. The van der Waals surface area contributed by atoms with Crippen LogP contribution in [0.2, 0.25) is 0 Å². The molecule has 0 saturated carbocycles. The van der Waals surface area contributed by atoms with Gasteiger partial charge in [0.1, 0.15) is 0 Å². The predicted molar refractivity (Wildman–Crippen MR) is 123 cm³/mol. The number of hydrogen-bond donors (Lipinski definition) is 0. The monoisotopic (exact) mass is 413 g/mol. The quantitative estimate of drug-likeness (QED) is 0.476. The zero-order chi connectivity index (χ0) is 20.3. The van der Waals surface area contributed by atoms with Crippen molar-refractivity contribution in [1.29, 1.82) is 0 Å². The molecule has 0 N–H and O–H groups in total.